The summed E-state index contributed by atoms with van der Waals surface area (Å²) < 4.78 is 6.04. The Morgan fingerprint density at radius 1 is 1.22 bits per heavy atom. The van der Waals surface area contributed by atoms with Crippen LogP contribution >= 0.6 is 11.3 Å². The first kappa shape index (κ1) is 18.8. The number of fused-ring (bicyclic) bond motifs is 1. The number of rotatable bonds is 5. The maximum Gasteiger partial charge on any atom is 0.337 e. The van der Waals surface area contributed by atoms with E-state index < -0.39 is 5.97 Å². The summed E-state index contributed by atoms with van der Waals surface area (Å²) in [7, 11) is 3.32. The van der Waals surface area contributed by atoms with Crippen LogP contribution in [0.2, 0.25) is 0 Å². The van der Waals surface area contributed by atoms with Gasteiger partial charge in [-0.2, -0.15) is 0 Å². The smallest absolute Gasteiger partial charge is 0.337 e. The number of carboxylic acids is 1. The molecule has 3 rings (SSSR count). The van der Waals surface area contributed by atoms with E-state index in [4.69, 9.17) is 4.74 Å². The minimum Gasteiger partial charge on any atom is -0.497 e. The van der Waals surface area contributed by atoms with Gasteiger partial charge in [0.15, 0.2) is 0 Å². The lowest BCUT2D eigenvalue weighted by molar-refractivity contribution is 0.0697. The molecule has 1 amide bonds. The van der Waals surface area contributed by atoms with E-state index in [2.05, 4.69) is 4.98 Å². The lowest BCUT2D eigenvalue weighted by Gasteiger charge is -2.19. The van der Waals surface area contributed by atoms with Crippen LogP contribution in [0.3, 0.4) is 0 Å². The number of hydrogen-bond donors (Lipinski definition) is 1. The monoisotopic (exact) mass is 384 g/mol. The van der Waals surface area contributed by atoms with Crippen LogP contribution in [0.5, 0.6) is 5.75 Å². The first-order chi connectivity index (χ1) is 12.8. The van der Waals surface area contributed by atoms with E-state index in [0.717, 1.165) is 21.6 Å². The standard InChI is InChI=1S/C20H20N2O4S/c1-11-8-13(26-4)9-12(2)17(11)19(23)22(3)10-16-21-18-14(20(24)25)6-5-7-15(18)27-16/h5-9H,10H2,1-4H3,(H,24,25). The van der Waals surface area contributed by atoms with Crippen LogP contribution in [0.1, 0.15) is 36.9 Å². The molecule has 27 heavy (non-hydrogen) atoms. The van der Waals surface area contributed by atoms with Gasteiger partial charge in [-0.3, -0.25) is 4.79 Å². The van der Waals surface area contributed by atoms with Crippen LogP contribution in [-0.4, -0.2) is 41.0 Å². The molecule has 1 aromatic heterocycles. The Bertz CT molecular complexity index is 1020. The molecule has 0 saturated heterocycles. The third kappa shape index (κ3) is 3.64. The van der Waals surface area contributed by atoms with Gasteiger partial charge in [0.1, 0.15) is 10.8 Å². The molecule has 0 fully saturated rings. The molecule has 0 atom stereocenters. The van der Waals surface area contributed by atoms with E-state index in [0.29, 0.717) is 22.6 Å². The maximum absolute atomic E-state index is 12.9. The number of carboxylic acid groups (broad SMARTS) is 1. The minimum absolute atomic E-state index is 0.106. The van der Waals surface area contributed by atoms with E-state index in [1.807, 2.05) is 32.0 Å². The van der Waals surface area contributed by atoms with Gasteiger partial charge in [0.05, 0.1) is 29.4 Å². The Morgan fingerprint density at radius 3 is 2.48 bits per heavy atom. The fourth-order valence-electron chi connectivity index (χ4n) is 3.08. The quantitative estimate of drug-likeness (QED) is 0.722. The van der Waals surface area contributed by atoms with Crippen molar-refractivity contribution in [3.8, 4) is 5.75 Å². The molecule has 0 aliphatic rings. The molecule has 7 heteroatoms. The number of nitrogens with zero attached hydrogens (tertiary/aromatic N) is 2. The molecule has 2 aromatic carbocycles. The first-order valence-electron chi connectivity index (χ1n) is 8.34. The molecule has 140 valence electrons. The molecular weight excluding hydrogens is 364 g/mol. The van der Waals surface area contributed by atoms with Crippen molar-refractivity contribution in [3.05, 3.63) is 57.6 Å². The summed E-state index contributed by atoms with van der Waals surface area (Å²) in [6.45, 7) is 4.07. The highest BCUT2D eigenvalue weighted by atomic mass is 32.1. The number of amides is 1. The molecule has 1 heterocycles. The van der Waals surface area contributed by atoms with Crippen molar-refractivity contribution >= 4 is 33.4 Å². The largest absolute Gasteiger partial charge is 0.497 e. The third-order valence-corrected chi connectivity index (χ3v) is 5.37. The normalized spacial score (nSPS) is 10.8. The van der Waals surface area contributed by atoms with Crippen LogP contribution in [0, 0.1) is 13.8 Å². The van der Waals surface area contributed by atoms with Crippen LogP contribution < -0.4 is 4.74 Å². The highest BCUT2D eigenvalue weighted by Crippen LogP contribution is 2.27. The van der Waals surface area contributed by atoms with Gasteiger partial charge >= 0.3 is 5.97 Å². The number of aromatic nitrogens is 1. The SMILES string of the molecule is COc1cc(C)c(C(=O)N(C)Cc2nc3c(C(=O)O)cccc3s2)c(C)c1. The van der Waals surface area contributed by atoms with Crippen LogP contribution in [-0.2, 0) is 6.54 Å². The van der Waals surface area contributed by atoms with Crippen LogP contribution in [0.4, 0.5) is 0 Å². The highest BCUT2D eigenvalue weighted by Gasteiger charge is 2.20. The number of methoxy groups -OCH3 is 1. The molecule has 0 aliphatic carbocycles. The molecule has 0 radical (unpaired) electrons. The zero-order valence-corrected chi connectivity index (χ0v) is 16.4. The zero-order chi connectivity index (χ0) is 19.7. The number of benzene rings is 2. The van der Waals surface area contributed by atoms with Gasteiger partial charge in [-0.1, -0.05) is 6.07 Å². The summed E-state index contributed by atoms with van der Waals surface area (Å²) in [6.07, 6.45) is 0. The van der Waals surface area contributed by atoms with Crippen molar-refractivity contribution in [3.63, 3.8) is 0 Å². The lowest BCUT2D eigenvalue weighted by atomic mass is 10.0. The average Bonchev–Trinajstić information content (AvgIpc) is 3.02. The lowest BCUT2D eigenvalue weighted by Crippen LogP contribution is -2.27. The van der Waals surface area contributed by atoms with E-state index in [-0.39, 0.29) is 11.5 Å². The third-order valence-electron chi connectivity index (χ3n) is 4.37. The minimum atomic E-state index is -1.01. The van der Waals surface area contributed by atoms with E-state index in [1.165, 1.54) is 17.4 Å². The molecule has 6 nitrogen and oxygen atoms in total. The van der Waals surface area contributed by atoms with Crippen LogP contribution in [0.15, 0.2) is 30.3 Å². The Hall–Kier alpha value is -2.93. The van der Waals surface area contributed by atoms with Gasteiger partial charge in [-0.05, 0) is 49.2 Å². The molecule has 0 saturated carbocycles. The Labute approximate surface area is 161 Å². The van der Waals surface area contributed by atoms with Crippen molar-refractivity contribution in [1.82, 2.24) is 9.88 Å². The Balaban J connectivity index is 1.88. The molecule has 0 spiro atoms. The summed E-state index contributed by atoms with van der Waals surface area (Å²) in [5.74, 6) is -0.395. The second-order valence-corrected chi connectivity index (χ2v) is 7.48. The number of thiazole rings is 1. The molecule has 1 N–H and O–H groups in total. The van der Waals surface area contributed by atoms with Gasteiger partial charge in [0.2, 0.25) is 0 Å². The van der Waals surface area contributed by atoms with Crippen molar-refractivity contribution in [1.29, 1.82) is 0 Å². The summed E-state index contributed by atoms with van der Waals surface area (Å²) in [4.78, 5) is 30.3. The second kappa shape index (κ2) is 7.36. The summed E-state index contributed by atoms with van der Waals surface area (Å²) >= 11 is 1.40. The molecule has 0 unspecified atom stereocenters. The van der Waals surface area contributed by atoms with Crippen molar-refractivity contribution in [2.45, 2.75) is 20.4 Å². The molecule has 0 aliphatic heterocycles. The van der Waals surface area contributed by atoms with Gasteiger partial charge < -0.3 is 14.7 Å². The predicted octanol–water partition coefficient (Wildman–Crippen LogP) is 3.89. The number of carbonyl (C=O) groups is 2. The molecule has 0 bridgehead atoms. The highest BCUT2D eigenvalue weighted by molar-refractivity contribution is 7.18. The van der Waals surface area contributed by atoms with E-state index in [9.17, 15) is 14.7 Å². The Morgan fingerprint density at radius 2 is 1.89 bits per heavy atom. The summed E-state index contributed by atoms with van der Waals surface area (Å²) in [5.41, 5.74) is 2.97. The molecular formula is C20H20N2O4S. The fourth-order valence-corrected chi connectivity index (χ4v) is 4.13. The number of aromatic carboxylic acids is 1. The van der Waals surface area contributed by atoms with Crippen molar-refractivity contribution in [2.75, 3.05) is 14.2 Å². The number of para-hydroxylation sites is 1. The van der Waals surface area contributed by atoms with Gasteiger partial charge in [-0.15, -0.1) is 11.3 Å². The zero-order valence-electron chi connectivity index (χ0n) is 15.6. The van der Waals surface area contributed by atoms with Gasteiger partial charge in [-0.25, -0.2) is 9.78 Å². The average molecular weight is 384 g/mol. The number of hydrogen-bond acceptors (Lipinski definition) is 5. The maximum atomic E-state index is 12.9. The molecule has 3 aromatic rings. The van der Waals surface area contributed by atoms with Gasteiger partial charge in [0, 0.05) is 12.6 Å². The van der Waals surface area contributed by atoms with Crippen LogP contribution in [0.25, 0.3) is 10.2 Å². The Kier molecular flexibility index (Phi) is 5.14. The predicted molar refractivity (Wildman–Crippen MR) is 105 cm³/mol. The second-order valence-electron chi connectivity index (χ2n) is 6.36. The number of ether oxygens (including phenoxy) is 1. The van der Waals surface area contributed by atoms with Crippen molar-refractivity contribution in [2.24, 2.45) is 0 Å². The van der Waals surface area contributed by atoms with E-state index in [1.54, 1.807) is 25.1 Å². The number of carbonyl (C=O) groups excluding carboxylic acids is 1. The van der Waals surface area contributed by atoms with E-state index >= 15 is 0 Å². The first-order valence-corrected chi connectivity index (χ1v) is 9.16. The summed E-state index contributed by atoms with van der Waals surface area (Å²) in [5, 5.41) is 10.00. The topological polar surface area (TPSA) is 79.7 Å². The van der Waals surface area contributed by atoms with Gasteiger partial charge in [0.25, 0.3) is 5.91 Å². The number of aryl methyl sites for hydroxylation is 2. The summed E-state index contributed by atoms with van der Waals surface area (Å²) in [6, 6.07) is 8.75. The van der Waals surface area contributed by atoms with Crippen molar-refractivity contribution < 1.29 is 19.4 Å². The fraction of sp³-hybridized carbons (Fsp3) is 0.250.